The first kappa shape index (κ1) is 32.4. The Bertz CT molecular complexity index is 421. The van der Waals surface area contributed by atoms with Gasteiger partial charge in [0.15, 0.2) is 0 Å². The molecule has 0 heterocycles. The van der Waals surface area contributed by atoms with Crippen LogP contribution in [0.3, 0.4) is 0 Å². The Hall–Kier alpha value is -0.640. The summed E-state index contributed by atoms with van der Waals surface area (Å²) in [5, 5.41) is 8.52. The first-order valence-corrected chi connectivity index (χ1v) is 10.9. The zero-order valence-electron chi connectivity index (χ0n) is 19.2. The van der Waals surface area contributed by atoms with Gasteiger partial charge in [-0.15, -0.1) is 0 Å². The lowest BCUT2D eigenvalue weighted by Gasteiger charge is -2.24. The van der Waals surface area contributed by atoms with Crippen molar-refractivity contribution in [2.24, 2.45) is 0 Å². The Kier molecular flexibility index (Phi) is 21.4. The molecule has 200 valence electrons. The van der Waals surface area contributed by atoms with E-state index in [0.29, 0.717) is 72.7 Å². The van der Waals surface area contributed by atoms with Crippen LogP contribution in [-0.4, -0.2) is 123 Å². The van der Waals surface area contributed by atoms with Crippen molar-refractivity contribution in [1.29, 1.82) is 0 Å². The van der Waals surface area contributed by atoms with E-state index in [1.807, 2.05) is 0 Å². The third-order valence-corrected chi connectivity index (χ3v) is 3.85. The highest BCUT2D eigenvalue weighted by atomic mass is 19.3. The molecule has 0 spiro atoms. The van der Waals surface area contributed by atoms with Gasteiger partial charge in [-0.25, -0.2) is 0 Å². The fourth-order valence-electron chi connectivity index (χ4n) is 2.03. The summed E-state index contributed by atoms with van der Waals surface area (Å²) in [6.07, 6.45) is -5.53. The fourth-order valence-corrected chi connectivity index (χ4v) is 2.03. The van der Waals surface area contributed by atoms with E-state index in [-0.39, 0.29) is 26.4 Å². The average molecular weight is 499 g/mol. The van der Waals surface area contributed by atoms with Gasteiger partial charge in [0.05, 0.1) is 106 Å². The average Bonchev–Trinajstić information content (AvgIpc) is 2.79. The molecule has 0 atom stereocenters. The van der Waals surface area contributed by atoms with Crippen LogP contribution < -0.4 is 0 Å². The standard InChI is InChI=1S/C20H38F4O9/c1-2-19(21,22)20(23,24)33-18-17-32-16-15-31-14-13-30-12-11-29-10-9-28-8-7-27-6-5-26-4-3-25/h25H,2-18H2,1H3. The maximum Gasteiger partial charge on any atom is 0.419 e. The molecular formula is C20H38F4O9. The number of aliphatic hydroxyl groups is 1. The van der Waals surface area contributed by atoms with Gasteiger partial charge in [-0.2, -0.15) is 17.6 Å². The maximum absolute atomic E-state index is 13.1. The third-order valence-electron chi connectivity index (χ3n) is 3.85. The second kappa shape index (κ2) is 21.9. The topological polar surface area (TPSA) is 94.1 Å². The number of ether oxygens (including phenoxy) is 8. The molecule has 0 aromatic rings. The van der Waals surface area contributed by atoms with Crippen LogP contribution in [0, 0.1) is 0 Å². The van der Waals surface area contributed by atoms with Crippen molar-refractivity contribution < 1.29 is 60.6 Å². The second-order valence-corrected chi connectivity index (χ2v) is 6.43. The van der Waals surface area contributed by atoms with Crippen molar-refractivity contribution in [1.82, 2.24) is 0 Å². The molecule has 1 N–H and O–H groups in total. The normalized spacial score (nSPS) is 12.5. The lowest BCUT2D eigenvalue weighted by atomic mass is 10.2. The first-order valence-electron chi connectivity index (χ1n) is 10.9. The van der Waals surface area contributed by atoms with Crippen LogP contribution in [0.5, 0.6) is 0 Å². The summed E-state index contributed by atoms with van der Waals surface area (Å²) in [5.41, 5.74) is 0. The number of aliphatic hydroxyl groups excluding tert-OH is 1. The SMILES string of the molecule is CCC(F)(F)C(F)(F)OCCOCCOCCOCCOCCOCCOCCOCCO. The highest BCUT2D eigenvalue weighted by molar-refractivity contribution is 4.74. The minimum atomic E-state index is -4.51. The van der Waals surface area contributed by atoms with Gasteiger partial charge in [-0.05, 0) is 0 Å². The van der Waals surface area contributed by atoms with Crippen LogP contribution in [0.15, 0.2) is 0 Å². The molecule has 13 heteroatoms. The van der Waals surface area contributed by atoms with E-state index in [9.17, 15) is 17.6 Å². The minimum Gasteiger partial charge on any atom is -0.394 e. The minimum absolute atomic E-state index is 0.00136. The summed E-state index contributed by atoms with van der Waals surface area (Å²) >= 11 is 0. The van der Waals surface area contributed by atoms with Gasteiger partial charge < -0.3 is 43.0 Å². The lowest BCUT2D eigenvalue weighted by molar-refractivity contribution is -0.349. The van der Waals surface area contributed by atoms with Crippen molar-refractivity contribution in [3.63, 3.8) is 0 Å². The quantitative estimate of drug-likeness (QED) is 0.141. The summed E-state index contributed by atoms with van der Waals surface area (Å²) in [6, 6.07) is 0. The molecule has 0 radical (unpaired) electrons. The van der Waals surface area contributed by atoms with Gasteiger partial charge in [0.2, 0.25) is 0 Å². The van der Waals surface area contributed by atoms with E-state index >= 15 is 0 Å². The number of hydrogen-bond donors (Lipinski definition) is 1. The Balaban J connectivity index is 3.20. The zero-order chi connectivity index (χ0) is 24.7. The number of alkyl halides is 4. The van der Waals surface area contributed by atoms with Crippen LogP contribution >= 0.6 is 0 Å². The van der Waals surface area contributed by atoms with E-state index < -0.39 is 25.1 Å². The van der Waals surface area contributed by atoms with Gasteiger partial charge in [-0.1, -0.05) is 6.92 Å². The van der Waals surface area contributed by atoms with E-state index in [1.165, 1.54) is 0 Å². The number of hydrogen-bond acceptors (Lipinski definition) is 9. The van der Waals surface area contributed by atoms with Crippen LogP contribution in [0.1, 0.15) is 13.3 Å². The molecule has 0 aromatic carbocycles. The zero-order valence-corrected chi connectivity index (χ0v) is 19.2. The summed E-state index contributed by atoms with van der Waals surface area (Å²) in [6.45, 7) is 4.83. The van der Waals surface area contributed by atoms with Crippen molar-refractivity contribution in [2.45, 2.75) is 25.4 Å². The first-order chi connectivity index (χ1) is 15.9. The van der Waals surface area contributed by atoms with Crippen molar-refractivity contribution >= 4 is 0 Å². The van der Waals surface area contributed by atoms with Crippen LogP contribution in [0.4, 0.5) is 17.6 Å². The smallest absolute Gasteiger partial charge is 0.394 e. The van der Waals surface area contributed by atoms with Crippen molar-refractivity contribution in [2.75, 3.05) is 106 Å². The summed E-state index contributed by atoms with van der Waals surface area (Å²) in [5.74, 6) is -4.21. The second-order valence-electron chi connectivity index (χ2n) is 6.43. The lowest BCUT2D eigenvalue weighted by Crippen LogP contribution is -2.42. The molecule has 0 unspecified atom stereocenters. The molecular weight excluding hydrogens is 460 g/mol. The Labute approximate surface area is 192 Å². The predicted molar refractivity (Wildman–Crippen MR) is 109 cm³/mol. The van der Waals surface area contributed by atoms with Gasteiger partial charge in [0.25, 0.3) is 0 Å². The Morgan fingerprint density at radius 3 is 1.03 bits per heavy atom. The van der Waals surface area contributed by atoms with E-state index in [1.54, 1.807) is 0 Å². The Morgan fingerprint density at radius 2 is 0.758 bits per heavy atom. The van der Waals surface area contributed by atoms with Gasteiger partial charge in [0, 0.05) is 6.42 Å². The summed E-state index contributed by atoms with van der Waals surface area (Å²) in [4.78, 5) is 0. The monoisotopic (exact) mass is 498 g/mol. The van der Waals surface area contributed by atoms with Crippen LogP contribution in [0.2, 0.25) is 0 Å². The highest BCUT2D eigenvalue weighted by Gasteiger charge is 2.56. The van der Waals surface area contributed by atoms with Crippen molar-refractivity contribution in [3.05, 3.63) is 0 Å². The predicted octanol–water partition coefficient (Wildman–Crippen LogP) is 1.75. The highest BCUT2D eigenvalue weighted by Crippen LogP contribution is 2.37. The molecule has 0 aliphatic heterocycles. The van der Waals surface area contributed by atoms with E-state index in [0.717, 1.165) is 6.92 Å². The van der Waals surface area contributed by atoms with Crippen molar-refractivity contribution in [3.8, 4) is 0 Å². The molecule has 0 aliphatic rings. The summed E-state index contributed by atoms with van der Waals surface area (Å²) < 4.78 is 92.4. The van der Waals surface area contributed by atoms with Gasteiger partial charge >= 0.3 is 12.0 Å². The number of rotatable bonds is 26. The molecule has 0 rings (SSSR count). The maximum atomic E-state index is 13.1. The third kappa shape index (κ3) is 19.4. The van der Waals surface area contributed by atoms with E-state index in [2.05, 4.69) is 4.74 Å². The number of halogens is 4. The molecule has 0 amide bonds. The fraction of sp³-hybridized carbons (Fsp3) is 1.00. The summed E-state index contributed by atoms with van der Waals surface area (Å²) in [7, 11) is 0. The molecule has 0 aliphatic carbocycles. The molecule has 0 bridgehead atoms. The molecule has 0 aromatic heterocycles. The van der Waals surface area contributed by atoms with Gasteiger partial charge in [-0.3, -0.25) is 0 Å². The van der Waals surface area contributed by atoms with Crippen LogP contribution in [0.25, 0.3) is 0 Å². The van der Waals surface area contributed by atoms with Crippen LogP contribution in [-0.2, 0) is 37.9 Å². The molecule has 0 fully saturated rings. The Morgan fingerprint density at radius 1 is 0.485 bits per heavy atom. The molecule has 0 saturated heterocycles. The molecule has 33 heavy (non-hydrogen) atoms. The van der Waals surface area contributed by atoms with E-state index in [4.69, 9.17) is 38.3 Å². The molecule has 9 nitrogen and oxygen atoms in total. The van der Waals surface area contributed by atoms with Gasteiger partial charge in [0.1, 0.15) is 0 Å². The molecule has 0 saturated carbocycles. The largest absolute Gasteiger partial charge is 0.419 e.